The predicted octanol–water partition coefficient (Wildman–Crippen LogP) is -15.3. The molecule has 8 valence electrons. The third kappa shape index (κ3) is 22.9. The SMILES string of the molecule is [3H][S-].[K+].[K+].[K+].[K+].[K+]. The van der Waals surface area contributed by atoms with E-state index in [-0.39, 0.29) is 257 Å². The molecule has 0 aromatic rings. The molecular formula is HK5S+4. The van der Waals surface area contributed by atoms with Gasteiger partial charge >= 0.3 is 257 Å². The minimum atomic E-state index is 0. The summed E-state index contributed by atoms with van der Waals surface area (Å²) in [6, 6.07) is 0. The molecule has 0 nitrogen and oxygen atoms in total. The Kier molecular flexibility index (Phi) is 143. The smallest absolute Gasteiger partial charge is 0.813 e. The summed E-state index contributed by atoms with van der Waals surface area (Å²) in [6.07, 6.45) is 0. The molecule has 0 heterocycles. The third-order valence-electron chi connectivity index (χ3n) is 0. The first-order chi connectivity index (χ1) is 1.00. The van der Waals surface area contributed by atoms with E-state index >= 15 is 0 Å². The van der Waals surface area contributed by atoms with Gasteiger partial charge in [0.25, 0.3) is 0 Å². The molecule has 0 rings (SSSR count). The standard InChI is InChI=1S/5K.H2S/h;;;;;1H2/q5*+1;/p-1/i/hT. The summed E-state index contributed by atoms with van der Waals surface area (Å²) in [5.74, 6) is 0. The van der Waals surface area contributed by atoms with Crippen molar-refractivity contribution in [2.75, 3.05) is 0 Å². The molecular weight excluding hydrogens is 228 g/mol. The predicted molar refractivity (Wildman–Crippen MR) is 8.76 cm³/mol. The normalized spacial score (nSPS) is 1.17. The van der Waals surface area contributed by atoms with E-state index in [0.717, 1.165) is 0 Å². The Hall–Kier alpha value is 8.53. The fourth-order valence-corrected chi connectivity index (χ4v) is 0. The van der Waals surface area contributed by atoms with Crippen LogP contribution in [0.1, 0.15) is 0 Å². The van der Waals surface area contributed by atoms with Crippen molar-refractivity contribution in [3.8, 4) is 0 Å². The van der Waals surface area contributed by atoms with Gasteiger partial charge in [0, 0.05) is 0 Å². The van der Waals surface area contributed by atoms with Gasteiger partial charge in [0.1, 0.15) is 0 Å². The molecule has 0 radical (unpaired) electrons. The molecule has 0 N–H and O–H groups in total. The minimum absolute atomic E-state index is 0. The maximum Gasteiger partial charge on any atom is 1.00 e. The number of hydrogen-bond acceptors (Lipinski definition) is 1. The Morgan fingerprint density at radius 3 is 0.667 bits per heavy atom. The van der Waals surface area contributed by atoms with Crippen molar-refractivity contribution in [2.45, 2.75) is 0 Å². The summed E-state index contributed by atoms with van der Waals surface area (Å²) in [4.78, 5) is 0. The Bertz CT molecular complexity index is 8.04. The van der Waals surface area contributed by atoms with Gasteiger partial charge in [-0.15, -0.1) is 0 Å². The summed E-state index contributed by atoms with van der Waals surface area (Å²) in [5, 5.41) is 0. The minimum Gasteiger partial charge on any atom is -0.813 e. The average molecular weight is 231 g/mol. The molecule has 0 aromatic carbocycles. The number of thiol groups is 1. The van der Waals surface area contributed by atoms with Crippen LogP contribution in [0.5, 0.6) is 0 Å². The number of hydrogen-bond donors (Lipinski definition) is 0. The zero-order valence-electron chi connectivity index (χ0n) is 6.41. The molecule has 0 aliphatic rings. The second-order valence-corrected chi connectivity index (χ2v) is 0. The molecule has 0 aliphatic heterocycles. The first-order valence-electron chi connectivity index (χ1n) is 0.408. The zero-order valence-corrected chi connectivity index (χ0v) is 21.8. The van der Waals surface area contributed by atoms with Crippen molar-refractivity contribution in [1.29, 1.82) is 1.12 Å². The molecule has 0 saturated heterocycles. The fourth-order valence-electron chi connectivity index (χ4n) is 0. The van der Waals surface area contributed by atoms with Crippen molar-refractivity contribution in [3.05, 3.63) is 0 Å². The van der Waals surface area contributed by atoms with Crippen LogP contribution in [0.3, 0.4) is 0 Å². The number of rotatable bonds is 0. The van der Waals surface area contributed by atoms with Gasteiger partial charge in [-0.2, -0.15) is 1.12 Å². The topological polar surface area (TPSA) is 0 Å². The molecule has 0 aliphatic carbocycles. The Morgan fingerprint density at radius 2 is 0.667 bits per heavy atom. The molecule has 0 saturated carbocycles. The van der Waals surface area contributed by atoms with Crippen molar-refractivity contribution in [3.63, 3.8) is 0 Å². The molecule has 0 amide bonds. The van der Waals surface area contributed by atoms with Crippen molar-refractivity contribution < 1.29 is 257 Å². The quantitative estimate of drug-likeness (QED) is 0.226. The van der Waals surface area contributed by atoms with Crippen LogP contribution < -0.4 is 257 Å². The molecule has 6 heteroatoms. The van der Waals surface area contributed by atoms with E-state index in [9.17, 15) is 0 Å². The Labute approximate surface area is 260 Å². The van der Waals surface area contributed by atoms with Gasteiger partial charge in [-0.25, -0.2) is 0 Å². The maximum absolute atomic E-state index is 5.33. The molecule has 0 fully saturated rings. The van der Waals surface area contributed by atoms with Crippen LogP contribution in [0.2, 0.25) is 0 Å². The van der Waals surface area contributed by atoms with E-state index in [1.165, 1.54) is 0 Å². The second kappa shape index (κ2) is 29.2. The third-order valence-corrected chi connectivity index (χ3v) is 0. The largest absolute Gasteiger partial charge is 1.00 e. The van der Waals surface area contributed by atoms with Crippen LogP contribution in [0, 0.1) is 0 Å². The summed E-state index contributed by atoms with van der Waals surface area (Å²) in [6.45, 7) is 0. The summed E-state index contributed by atoms with van der Waals surface area (Å²) in [7, 11) is 0. The first-order valence-corrected chi connectivity index (χ1v) is 0. The van der Waals surface area contributed by atoms with Crippen LogP contribution in [0.4, 0.5) is 0 Å². The first kappa shape index (κ1) is 29.3. The van der Waals surface area contributed by atoms with Crippen LogP contribution in [-0.2, 0) is 13.4 Å². The van der Waals surface area contributed by atoms with Gasteiger partial charge in [0.15, 0.2) is 0 Å². The molecule has 0 bridgehead atoms. The van der Waals surface area contributed by atoms with Crippen LogP contribution in [0.25, 0.3) is 0 Å². The Morgan fingerprint density at radius 1 is 0.667 bits per heavy atom. The molecule has 0 spiro atoms. The van der Waals surface area contributed by atoms with Gasteiger partial charge in [0.2, 0.25) is 0 Å². The second-order valence-electron chi connectivity index (χ2n) is 0. The van der Waals surface area contributed by atoms with E-state index in [4.69, 9.17) is 1.12 Å². The average Bonchev–Trinajstić information content (AvgIpc) is 1.00. The van der Waals surface area contributed by atoms with E-state index < -0.39 is 0 Å². The molecule has 0 atom stereocenters. The van der Waals surface area contributed by atoms with E-state index in [1.807, 2.05) is 0 Å². The van der Waals surface area contributed by atoms with Crippen molar-refractivity contribution in [1.82, 2.24) is 0 Å². The zero-order chi connectivity index (χ0) is 2.00. The van der Waals surface area contributed by atoms with Crippen LogP contribution in [-0.4, -0.2) is 1.12 Å². The maximum atomic E-state index is 5.33. The summed E-state index contributed by atoms with van der Waals surface area (Å²) < 4.78 is 5.33. The van der Waals surface area contributed by atoms with Gasteiger partial charge in [-0.3, -0.25) is 0 Å². The van der Waals surface area contributed by atoms with Gasteiger partial charge in [-0.05, 0) is 0 Å². The Balaban J connectivity index is -0.000000000500. The molecule has 6 heavy (non-hydrogen) atoms. The van der Waals surface area contributed by atoms with E-state index in [0.29, 0.717) is 0 Å². The van der Waals surface area contributed by atoms with Gasteiger partial charge in [-0.1, -0.05) is 0 Å². The monoisotopic (exact) mass is 230 g/mol. The fraction of sp³-hybridized carbons (Fsp3) is 0. The van der Waals surface area contributed by atoms with Crippen LogP contribution in [0.15, 0.2) is 0 Å². The molecule has 0 unspecified atom stereocenters. The van der Waals surface area contributed by atoms with Gasteiger partial charge < -0.3 is 13.4 Å². The van der Waals surface area contributed by atoms with Crippen molar-refractivity contribution >= 4 is 13.4 Å². The van der Waals surface area contributed by atoms with Crippen molar-refractivity contribution in [2.24, 2.45) is 0 Å². The summed E-state index contributed by atoms with van der Waals surface area (Å²) >= 11 is 3.33. The van der Waals surface area contributed by atoms with Gasteiger partial charge in [0.05, 0.1) is 0 Å². The van der Waals surface area contributed by atoms with Crippen LogP contribution >= 0.6 is 0 Å². The molecule has 0 aromatic heterocycles. The van der Waals surface area contributed by atoms with E-state index in [1.54, 1.807) is 0 Å². The van der Waals surface area contributed by atoms with E-state index in [2.05, 4.69) is 13.4 Å². The summed E-state index contributed by atoms with van der Waals surface area (Å²) in [5.41, 5.74) is 0.